The molecule has 226 valence electrons. The molecule has 2 aliphatic heterocycles. The summed E-state index contributed by atoms with van der Waals surface area (Å²) in [6, 6.07) is 15.4. The van der Waals surface area contributed by atoms with E-state index in [1.54, 1.807) is 12.1 Å². The minimum absolute atomic E-state index is 0.00654. The van der Waals surface area contributed by atoms with Gasteiger partial charge in [0.15, 0.2) is 6.29 Å². The molecule has 0 amide bonds. The van der Waals surface area contributed by atoms with Gasteiger partial charge in [-0.15, -0.1) is 0 Å². The van der Waals surface area contributed by atoms with Gasteiger partial charge in [-0.25, -0.2) is 8.42 Å². The van der Waals surface area contributed by atoms with Crippen molar-refractivity contribution in [1.82, 2.24) is 4.31 Å². The normalized spacial score (nSPS) is 24.2. The summed E-state index contributed by atoms with van der Waals surface area (Å²) < 4.78 is 50.9. The lowest BCUT2D eigenvalue weighted by molar-refractivity contribution is -0.196. The molecule has 41 heavy (non-hydrogen) atoms. The van der Waals surface area contributed by atoms with Crippen molar-refractivity contribution >= 4 is 16.0 Å². The van der Waals surface area contributed by atoms with E-state index in [4.69, 9.17) is 24.7 Å². The van der Waals surface area contributed by atoms with Crippen LogP contribution in [0.1, 0.15) is 32.3 Å². The van der Waals surface area contributed by atoms with Crippen molar-refractivity contribution in [2.75, 3.05) is 33.4 Å². The number of aliphatic hydroxyl groups excluding tert-OH is 1. The number of hydrogen-bond donors (Lipinski definition) is 2. The van der Waals surface area contributed by atoms with E-state index in [-0.39, 0.29) is 42.3 Å². The van der Waals surface area contributed by atoms with Gasteiger partial charge in [-0.05, 0) is 42.2 Å². The fraction of sp³-hybridized carbons (Fsp3) is 0.567. The van der Waals surface area contributed by atoms with Crippen molar-refractivity contribution in [2.24, 2.45) is 23.5 Å². The van der Waals surface area contributed by atoms with Crippen LogP contribution in [0.25, 0.3) is 0 Å². The second-order valence-electron chi connectivity index (χ2n) is 11.2. The zero-order valence-corrected chi connectivity index (χ0v) is 24.7. The Labute approximate surface area is 242 Å². The Bertz CT molecular complexity index is 1220. The molecule has 6 atom stereocenters. The van der Waals surface area contributed by atoms with Gasteiger partial charge in [0, 0.05) is 31.5 Å². The van der Waals surface area contributed by atoms with Crippen LogP contribution in [0.3, 0.4) is 0 Å². The summed E-state index contributed by atoms with van der Waals surface area (Å²) in [6.07, 6.45) is -1.26. The first-order valence-corrected chi connectivity index (χ1v) is 15.6. The molecular weight excluding hydrogens is 548 g/mol. The van der Waals surface area contributed by atoms with E-state index in [2.05, 4.69) is 0 Å². The minimum Gasteiger partial charge on any atom is -0.497 e. The number of nitrogens with two attached hydrogens (primary N) is 1. The standard InChI is InChI=1S/C30H42N2O8S/c1-20(2)17-32(41(35,36)24-11-9-23(37-3)10-12-24)18-26(33)22(15-21-7-5-4-6-8-21)16-28(34)40-27-13-14-38-30-29(27)25(31)19-39-30/h4-12,20,22,25-27,29-30,33H,13-19,31H2,1-3H3/t22-,25+,26-,27+,29+,30+/m1/s1. The zero-order valence-electron chi connectivity index (χ0n) is 23.9. The van der Waals surface area contributed by atoms with Crippen molar-refractivity contribution in [1.29, 1.82) is 0 Å². The summed E-state index contributed by atoms with van der Waals surface area (Å²) in [5.41, 5.74) is 7.13. The van der Waals surface area contributed by atoms with Crippen LogP contribution in [0, 0.1) is 17.8 Å². The van der Waals surface area contributed by atoms with Crippen LogP contribution in [-0.2, 0) is 35.4 Å². The molecule has 2 fully saturated rings. The van der Waals surface area contributed by atoms with Crippen LogP contribution in [0.5, 0.6) is 5.75 Å². The van der Waals surface area contributed by atoms with Gasteiger partial charge >= 0.3 is 5.97 Å². The second-order valence-corrected chi connectivity index (χ2v) is 13.2. The lowest BCUT2D eigenvalue weighted by atomic mass is 9.90. The smallest absolute Gasteiger partial charge is 0.306 e. The number of aliphatic hydroxyl groups is 1. The van der Waals surface area contributed by atoms with Gasteiger partial charge < -0.3 is 29.8 Å². The maximum atomic E-state index is 13.7. The summed E-state index contributed by atoms with van der Waals surface area (Å²) in [5.74, 6) is -0.756. The van der Waals surface area contributed by atoms with Gasteiger partial charge in [-0.3, -0.25) is 4.79 Å². The van der Waals surface area contributed by atoms with E-state index < -0.39 is 40.4 Å². The van der Waals surface area contributed by atoms with Crippen molar-refractivity contribution in [3.05, 3.63) is 60.2 Å². The SMILES string of the molecule is COc1ccc(S(=O)(=O)N(CC(C)C)C[C@@H](O)[C@@H](CC(=O)O[C@H]2CCO[C@H]3OC[C@H](N)[C@H]32)Cc2ccccc2)cc1. The lowest BCUT2D eigenvalue weighted by Crippen LogP contribution is -2.47. The van der Waals surface area contributed by atoms with Gasteiger partial charge in [0.1, 0.15) is 11.9 Å². The average Bonchev–Trinajstić information content (AvgIpc) is 3.34. The van der Waals surface area contributed by atoms with Crippen LogP contribution >= 0.6 is 0 Å². The molecule has 2 heterocycles. The summed E-state index contributed by atoms with van der Waals surface area (Å²) in [5, 5.41) is 11.5. The highest BCUT2D eigenvalue weighted by Gasteiger charge is 2.46. The van der Waals surface area contributed by atoms with Gasteiger partial charge in [-0.2, -0.15) is 4.31 Å². The van der Waals surface area contributed by atoms with Gasteiger partial charge in [0.2, 0.25) is 10.0 Å². The molecule has 0 aromatic heterocycles. The Kier molecular flexibility index (Phi) is 10.8. The number of sulfonamides is 1. The van der Waals surface area contributed by atoms with E-state index in [0.717, 1.165) is 5.56 Å². The van der Waals surface area contributed by atoms with E-state index >= 15 is 0 Å². The number of fused-ring (bicyclic) bond motifs is 1. The molecule has 2 aromatic rings. The van der Waals surface area contributed by atoms with Gasteiger partial charge in [0.25, 0.3) is 0 Å². The largest absolute Gasteiger partial charge is 0.497 e. The third kappa shape index (κ3) is 8.06. The molecule has 0 spiro atoms. The molecular formula is C30H42N2O8S. The monoisotopic (exact) mass is 590 g/mol. The highest BCUT2D eigenvalue weighted by atomic mass is 32.2. The highest BCUT2D eigenvalue weighted by molar-refractivity contribution is 7.89. The Balaban J connectivity index is 1.52. The Morgan fingerprint density at radius 3 is 2.46 bits per heavy atom. The topological polar surface area (TPSA) is 138 Å². The molecule has 10 nitrogen and oxygen atoms in total. The number of carbonyl (C=O) groups is 1. The number of hydrogen-bond acceptors (Lipinski definition) is 9. The van der Waals surface area contributed by atoms with Crippen molar-refractivity contribution in [2.45, 2.75) is 62.5 Å². The molecule has 0 aliphatic carbocycles. The number of esters is 1. The molecule has 2 aromatic carbocycles. The summed E-state index contributed by atoms with van der Waals surface area (Å²) in [4.78, 5) is 13.4. The second kappa shape index (κ2) is 14.1. The van der Waals surface area contributed by atoms with E-state index in [0.29, 0.717) is 31.8 Å². The summed E-state index contributed by atoms with van der Waals surface area (Å²) >= 11 is 0. The first-order chi connectivity index (χ1) is 19.6. The minimum atomic E-state index is -3.93. The maximum Gasteiger partial charge on any atom is 0.306 e. The molecule has 3 N–H and O–H groups in total. The first kappa shape index (κ1) is 31.4. The predicted molar refractivity (Wildman–Crippen MR) is 153 cm³/mol. The van der Waals surface area contributed by atoms with E-state index in [1.165, 1.54) is 23.5 Å². The van der Waals surface area contributed by atoms with Crippen LogP contribution in [0.15, 0.2) is 59.5 Å². The van der Waals surface area contributed by atoms with Crippen molar-refractivity contribution in [3.63, 3.8) is 0 Å². The van der Waals surface area contributed by atoms with E-state index in [1.807, 2.05) is 44.2 Å². The third-order valence-electron chi connectivity index (χ3n) is 7.63. The van der Waals surface area contributed by atoms with E-state index in [9.17, 15) is 18.3 Å². The number of ether oxygens (including phenoxy) is 4. The molecule has 0 unspecified atom stereocenters. The van der Waals surface area contributed by atoms with Crippen LogP contribution < -0.4 is 10.5 Å². The third-order valence-corrected chi connectivity index (χ3v) is 9.47. The Morgan fingerprint density at radius 1 is 1.10 bits per heavy atom. The maximum absolute atomic E-state index is 13.7. The molecule has 0 saturated carbocycles. The molecule has 0 bridgehead atoms. The van der Waals surface area contributed by atoms with Gasteiger partial charge in [0.05, 0.1) is 43.7 Å². The molecule has 0 radical (unpaired) electrons. The van der Waals surface area contributed by atoms with Crippen LogP contribution in [-0.4, -0.2) is 81.8 Å². The number of nitrogens with zero attached hydrogens (tertiary/aromatic N) is 1. The molecule has 2 aliphatic rings. The first-order valence-electron chi connectivity index (χ1n) is 14.1. The molecule has 11 heteroatoms. The predicted octanol–water partition coefficient (Wildman–Crippen LogP) is 2.58. The zero-order chi connectivity index (χ0) is 29.6. The van der Waals surface area contributed by atoms with Crippen molar-refractivity contribution in [3.8, 4) is 5.75 Å². The quantitative estimate of drug-likeness (QED) is 0.337. The summed E-state index contributed by atoms with van der Waals surface area (Å²) in [7, 11) is -2.42. The average molecular weight is 591 g/mol. The Hall–Kier alpha value is -2.54. The number of rotatable bonds is 13. The van der Waals surface area contributed by atoms with Crippen LogP contribution in [0.4, 0.5) is 0 Å². The van der Waals surface area contributed by atoms with Crippen molar-refractivity contribution < 1.29 is 37.3 Å². The summed E-state index contributed by atoms with van der Waals surface area (Å²) in [6.45, 7) is 4.61. The highest BCUT2D eigenvalue weighted by Crippen LogP contribution is 2.33. The molecule has 4 rings (SSSR count). The lowest BCUT2D eigenvalue weighted by Gasteiger charge is -2.34. The number of methoxy groups -OCH3 is 1. The number of benzene rings is 2. The van der Waals surface area contributed by atoms with Gasteiger partial charge in [-0.1, -0.05) is 44.2 Å². The van der Waals surface area contributed by atoms with Crippen LogP contribution in [0.2, 0.25) is 0 Å². The fourth-order valence-corrected chi connectivity index (χ4v) is 7.12. The molecule has 2 saturated heterocycles. The Morgan fingerprint density at radius 2 is 1.80 bits per heavy atom. The fourth-order valence-electron chi connectivity index (χ4n) is 5.50. The number of carbonyl (C=O) groups excluding carboxylic acids is 1.